The maximum atomic E-state index is 12.0. The molecule has 2 atom stereocenters. The fourth-order valence-corrected chi connectivity index (χ4v) is 1.98. The maximum Gasteiger partial charge on any atom is 0.329 e. The van der Waals surface area contributed by atoms with Crippen LogP contribution in [0.4, 0.5) is 0 Å². The molecule has 4 heteroatoms. The summed E-state index contributed by atoms with van der Waals surface area (Å²) in [7, 11) is 0. The number of esters is 1. The van der Waals surface area contributed by atoms with Crippen LogP contribution in [0.1, 0.15) is 47.5 Å². The lowest BCUT2D eigenvalue weighted by Crippen LogP contribution is -2.50. The average Bonchev–Trinajstić information content (AvgIpc) is 2.18. The number of rotatable bonds is 2. The normalized spacial score (nSPS) is 23.5. The van der Waals surface area contributed by atoms with Gasteiger partial charge in [-0.1, -0.05) is 6.92 Å². The molecule has 17 heavy (non-hydrogen) atoms. The lowest BCUT2D eigenvalue weighted by Gasteiger charge is -2.35. The zero-order valence-corrected chi connectivity index (χ0v) is 11.4. The fourth-order valence-electron chi connectivity index (χ4n) is 1.98. The Hall–Kier alpha value is -1.06. The minimum absolute atomic E-state index is 0.0219. The summed E-state index contributed by atoms with van der Waals surface area (Å²) in [5, 5.41) is 0. The molecule has 98 valence electrons. The van der Waals surface area contributed by atoms with Crippen LogP contribution in [0.5, 0.6) is 0 Å². The average molecular weight is 241 g/mol. The van der Waals surface area contributed by atoms with Crippen molar-refractivity contribution in [3.63, 3.8) is 0 Å². The molecule has 0 saturated carbocycles. The van der Waals surface area contributed by atoms with Crippen LogP contribution in [-0.2, 0) is 14.3 Å². The van der Waals surface area contributed by atoms with E-state index in [0.29, 0.717) is 6.54 Å². The summed E-state index contributed by atoms with van der Waals surface area (Å²) >= 11 is 0. The number of ether oxygens (including phenoxy) is 1. The van der Waals surface area contributed by atoms with E-state index in [1.807, 2.05) is 27.7 Å². The van der Waals surface area contributed by atoms with Crippen LogP contribution in [0.15, 0.2) is 0 Å². The van der Waals surface area contributed by atoms with Gasteiger partial charge in [-0.05, 0) is 40.5 Å². The number of carbonyl (C=O) groups is 2. The summed E-state index contributed by atoms with van der Waals surface area (Å²) in [4.78, 5) is 25.5. The van der Waals surface area contributed by atoms with Crippen molar-refractivity contribution in [1.29, 1.82) is 0 Å². The van der Waals surface area contributed by atoms with Crippen LogP contribution in [0, 0.1) is 5.92 Å². The molecule has 0 radical (unpaired) electrons. The molecule has 1 fully saturated rings. The highest BCUT2D eigenvalue weighted by molar-refractivity contribution is 5.86. The van der Waals surface area contributed by atoms with Crippen molar-refractivity contribution in [2.24, 2.45) is 5.92 Å². The van der Waals surface area contributed by atoms with Crippen molar-refractivity contribution in [1.82, 2.24) is 4.90 Å². The second-order valence-corrected chi connectivity index (χ2v) is 5.78. The maximum absolute atomic E-state index is 12.0. The lowest BCUT2D eigenvalue weighted by molar-refractivity contribution is -0.165. The van der Waals surface area contributed by atoms with Gasteiger partial charge in [-0.2, -0.15) is 0 Å². The Kier molecular flexibility index (Phi) is 4.17. The van der Waals surface area contributed by atoms with Crippen LogP contribution in [0.2, 0.25) is 0 Å². The molecule has 0 aromatic carbocycles. The highest BCUT2D eigenvalue weighted by atomic mass is 16.6. The Bertz CT molecular complexity index is 306. The zero-order valence-electron chi connectivity index (χ0n) is 11.4. The van der Waals surface area contributed by atoms with Crippen molar-refractivity contribution >= 4 is 11.9 Å². The van der Waals surface area contributed by atoms with Crippen molar-refractivity contribution < 1.29 is 14.3 Å². The molecule has 0 N–H and O–H groups in total. The molecule has 1 amide bonds. The van der Waals surface area contributed by atoms with Gasteiger partial charge in [0.2, 0.25) is 5.91 Å². The van der Waals surface area contributed by atoms with Gasteiger partial charge >= 0.3 is 5.97 Å². The highest BCUT2D eigenvalue weighted by Crippen LogP contribution is 2.21. The molecular weight excluding hydrogens is 218 g/mol. The molecule has 4 nitrogen and oxygen atoms in total. The zero-order chi connectivity index (χ0) is 13.2. The fraction of sp³-hybridized carbons (Fsp3) is 0.846. The number of piperidine rings is 1. The van der Waals surface area contributed by atoms with Crippen LogP contribution < -0.4 is 0 Å². The van der Waals surface area contributed by atoms with Gasteiger partial charge in [0.25, 0.3) is 0 Å². The minimum atomic E-state index is -0.504. The highest BCUT2D eigenvalue weighted by Gasteiger charge is 2.33. The van der Waals surface area contributed by atoms with E-state index >= 15 is 0 Å². The summed E-state index contributed by atoms with van der Waals surface area (Å²) in [6.07, 6.45) is 1.87. The first-order valence-corrected chi connectivity index (χ1v) is 6.25. The van der Waals surface area contributed by atoms with Crippen molar-refractivity contribution in [2.75, 3.05) is 6.54 Å². The third kappa shape index (κ3) is 3.72. The Morgan fingerprint density at radius 3 is 2.59 bits per heavy atom. The smallest absolute Gasteiger partial charge is 0.329 e. The summed E-state index contributed by atoms with van der Waals surface area (Å²) in [5.41, 5.74) is -0.504. The standard InChI is InChI=1S/C13H23NO3/c1-9-7-6-8-14(11(9)15)10(2)12(16)17-13(3,4)5/h9-10H,6-8H2,1-5H3. The van der Waals surface area contributed by atoms with E-state index in [-0.39, 0.29) is 17.8 Å². The molecule has 0 bridgehead atoms. The first-order chi connectivity index (χ1) is 7.72. The Balaban J connectivity index is 2.65. The Labute approximate surface area is 103 Å². The van der Waals surface area contributed by atoms with Crippen molar-refractivity contribution in [3.8, 4) is 0 Å². The van der Waals surface area contributed by atoms with Crippen LogP contribution >= 0.6 is 0 Å². The minimum Gasteiger partial charge on any atom is -0.458 e. The number of hydrogen-bond acceptors (Lipinski definition) is 3. The van der Waals surface area contributed by atoms with E-state index in [9.17, 15) is 9.59 Å². The summed E-state index contributed by atoms with van der Waals surface area (Å²) in [5.74, 6) is -0.233. The van der Waals surface area contributed by atoms with Gasteiger partial charge in [-0.3, -0.25) is 4.79 Å². The quantitative estimate of drug-likeness (QED) is 0.694. The van der Waals surface area contributed by atoms with Gasteiger partial charge < -0.3 is 9.64 Å². The van der Waals surface area contributed by atoms with E-state index < -0.39 is 11.6 Å². The van der Waals surface area contributed by atoms with Gasteiger partial charge in [0.05, 0.1) is 0 Å². The molecule has 2 unspecified atom stereocenters. The topological polar surface area (TPSA) is 46.6 Å². The molecule has 0 spiro atoms. The largest absolute Gasteiger partial charge is 0.458 e. The summed E-state index contributed by atoms with van der Waals surface area (Å²) < 4.78 is 5.30. The van der Waals surface area contributed by atoms with Gasteiger partial charge in [0.1, 0.15) is 11.6 Å². The Morgan fingerprint density at radius 2 is 2.06 bits per heavy atom. The summed E-state index contributed by atoms with van der Waals surface area (Å²) in [6, 6.07) is -0.482. The SMILES string of the molecule is CC1CCCN(C(C)C(=O)OC(C)(C)C)C1=O. The second-order valence-electron chi connectivity index (χ2n) is 5.78. The van der Waals surface area contributed by atoms with E-state index in [1.54, 1.807) is 11.8 Å². The van der Waals surface area contributed by atoms with Crippen LogP contribution in [0.25, 0.3) is 0 Å². The third-order valence-electron chi connectivity index (χ3n) is 2.96. The van der Waals surface area contributed by atoms with Gasteiger partial charge in [0.15, 0.2) is 0 Å². The number of nitrogens with zero attached hydrogens (tertiary/aromatic N) is 1. The van der Waals surface area contributed by atoms with E-state index in [1.165, 1.54) is 0 Å². The number of amides is 1. The van der Waals surface area contributed by atoms with Crippen LogP contribution in [0.3, 0.4) is 0 Å². The first-order valence-electron chi connectivity index (χ1n) is 6.25. The van der Waals surface area contributed by atoms with Crippen molar-refractivity contribution in [3.05, 3.63) is 0 Å². The third-order valence-corrected chi connectivity index (χ3v) is 2.96. The Morgan fingerprint density at radius 1 is 1.47 bits per heavy atom. The van der Waals surface area contributed by atoms with E-state index in [0.717, 1.165) is 12.8 Å². The number of likely N-dealkylation sites (tertiary alicyclic amines) is 1. The molecule has 1 heterocycles. The van der Waals surface area contributed by atoms with Gasteiger partial charge in [-0.15, -0.1) is 0 Å². The predicted molar refractivity (Wildman–Crippen MR) is 65.4 cm³/mol. The molecule has 0 aromatic heterocycles. The molecular formula is C13H23NO3. The van der Waals surface area contributed by atoms with Crippen molar-refractivity contribution in [2.45, 2.75) is 59.1 Å². The monoisotopic (exact) mass is 241 g/mol. The second kappa shape index (κ2) is 5.07. The molecule has 1 saturated heterocycles. The molecule has 1 aliphatic rings. The summed E-state index contributed by atoms with van der Waals surface area (Å²) in [6.45, 7) is 9.80. The predicted octanol–water partition coefficient (Wildman–Crippen LogP) is 1.98. The van der Waals surface area contributed by atoms with E-state index in [4.69, 9.17) is 4.74 Å². The number of carbonyl (C=O) groups excluding carboxylic acids is 2. The molecule has 0 aromatic rings. The molecule has 0 aliphatic carbocycles. The first kappa shape index (κ1) is 14.0. The number of hydrogen-bond donors (Lipinski definition) is 0. The molecule has 1 rings (SSSR count). The molecule has 1 aliphatic heterocycles. The van der Waals surface area contributed by atoms with Gasteiger partial charge in [0, 0.05) is 12.5 Å². The van der Waals surface area contributed by atoms with Crippen LogP contribution in [-0.4, -0.2) is 35.0 Å². The van der Waals surface area contributed by atoms with E-state index in [2.05, 4.69) is 0 Å². The van der Waals surface area contributed by atoms with Gasteiger partial charge in [-0.25, -0.2) is 4.79 Å². The lowest BCUT2D eigenvalue weighted by atomic mass is 9.98.